The average Bonchev–Trinajstić information content (AvgIpc) is 2.26. The molecule has 0 heterocycles. The number of carbonyl (C=O) groups is 1. The van der Waals surface area contributed by atoms with E-state index < -0.39 is 16.0 Å². The van der Waals surface area contributed by atoms with E-state index in [1.54, 1.807) is 0 Å². The van der Waals surface area contributed by atoms with Crippen molar-refractivity contribution in [1.29, 1.82) is 0 Å². The summed E-state index contributed by atoms with van der Waals surface area (Å²) in [5.41, 5.74) is 0.0461. The van der Waals surface area contributed by atoms with Gasteiger partial charge >= 0.3 is 5.97 Å². The number of halogens is 1. The Morgan fingerprint density at radius 3 is 2.58 bits per heavy atom. The van der Waals surface area contributed by atoms with Crippen molar-refractivity contribution >= 4 is 31.9 Å². The first kappa shape index (κ1) is 14.5. The van der Waals surface area contributed by atoms with Crippen molar-refractivity contribution in [3.63, 3.8) is 0 Å². The number of carboxylic acids is 1. The number of aromatic carboxylic acids is 1. The molecule has 19 heavy (non-hydrogen) atoms. The molecule has 1 fully saturated rings. The van der Waals surface area contributed by atoms with Gasteiger partial charge < -0.3 is 5.11 Å². The van der Waals surface area contributed by atoms with Gasteiger partial charge in [-0.2, -0.15) is 0 Å². The van der Waals surface area contributed by atoms with Crippen LogP contribution in [0.3, 0.4) is 0 Å². The lowest BCUT2D eigenvalue weighted by Gasteiger charge is -2.25. The smallest absolute Gasteiger partial charge is 0.335 e. The highest BCUT2D eigenvalue weighted by molar-refractivity contribution is 9.10. The second-order valence-corrected chi connectivity index (χ2v) is 7.19. The first-order valence-electron chi connectivity index (χ1n) is 5.92. The molecule has 1 aliphatic carbocycles. The Kier molecular flexibility index (Phi) is 4.27. The summed E-state index contributed by atoms with van der Waals surface area (Å²) in [6.45, 7) is 0.440. The molecule has 0 unspecified atom stereocenters. The van der Waals surface area contributed by atoms with Gasteiger partial charge in [0.15, 0.2) is 0 Å². The Balaban J connectivity index is 2.17. The highest BCUT2D eigenvalue weighted by Crippen LogP contribution is 2.27. The molecular formula is C12H14BrNO4S. The lowest BCUT2D eigenvalue weighted by molar-refractivity contribution is 0.0696. The third kappa shape index (κ3) is 3.34. The number of carboxylic acid groups (broad SMARTS) is 1. The summed E-state index contributed by atoms with van der Waals surface area (Å²) < 4.78 is 27.0. The topological polar surface area (TPSA) is 83.5 Å². The molecule has 0 spiro atoms. The molecule has 1 aromatic rings. The van der Waals surface area contributed by atoms with E-state index in [0.717, 1.165) is 19.3 Å². The molecule has 2 rings (SSSR count). The van der Waals surface area contributed by atoms with Crippen LogP contribution in [0, 0.1) is 5.92 Å². The summed E-state index contributed by atoms with van der Waals surface area (Å²) in [5.74, 6) is -0.668. The van der Waals surface area contributed by atoms with Crippen LogP contribution in [0.2, 0.25) is 0 Å². The van der Waals surface area contributed by atoms with Gasteiger partial charge in [0.25, 0.3) is 0 Å². The molecule has 5 nitrogen and oxygen atoms in total. The molecule has 1 saturated carbocycles. The molecule has 104 valence electrons. The third-order valence-corrected chi connectivity index (χ3v) is 5.66. The van der Waals surface area contributed by atoms with Crippen LogP contribution in [-0.4, -0.2) is 26.0 Å². The Labute approximate surface area is 120 Å². The van der Waals surface area contributed by atoms with Crippen molar-refractivity contribution in [2.75, 3.05) is 6.54 Å². The van der Waals surface area contributed by atoms with Crippen molar-refractivity contribution in [1.82, 2.24) is 4.72 Å². The van der Waals surface area contributed by atoms with Crippen molar-refractivity contribution < 1.29 is 18.3 Å². The zero-order valence-electron chi connectivity index (χ0n) is 10.1. The van der Waals surface area contributed by atoms with Crippen LogP contribution in [0.15, 0.2) is 27.6 Å². The van der Waals surface area contributed by atoms with Crippen LogP contribution in [0.4, 0.5) is 0 Å². The van der Waals surface area contributed by atoms with Crippen LogP contribution in [-0.2, 0) is 10.0 Å². The quantitative estimate of drug-likeness (QED) is 0.855. The molecule has 0 aliphatic heterocycles. The van der Waals surface area contributed by atoms with Crippen LogP contribution < -0.4 is 4.72 Å². The molecule has 0 saturated heterocycles. The zero-order valence-corrected chi connectivity index (χ0v) is 12.5. The lowest BCUT2D eigenvalue weighted by Crippen LogP contribution is -2.32. The summed E-state index contributed by atoms with van der Waals surface area (Å²) >= 11 is 3.11. The Hall–Kier alpha value is -0.920. The lowest BCUT2D eigenvalue weighted by atomic mass is 9.86. The Morgan fingerprint density at radius 2 is 2.11 bits per heavy atom. The summed E-state index contributed by atoms with van der Waals surface area (Å²) in [7, 11) is -3.59. The van der Waals surface area contributed by atoms with Gasteiger partial charge in [0.05, 0.1) is 10.5 Å². The number of nitrogens with one attached hydrogen (secondary N) is 1. The molecule has 2 N–H and O–H groups in total. The fourth-order valence-corrected chi connectivity index (χ4v) is 4.05. The second kappa shape index (κ2) is 5.60. The largest absolute Gasteiger partial charge is 0.478 e. The van der Waals surface area contributed by atoms with Gasteiger partial charge in [-0.1, -0.05) is 6.42 Å². The minimum Gasteiger partial charge on any atom is -0.478 e. The molecule has 0 atom stereocenters. The zero-order chi connectivity index (χ0) is 14.0. The number of hydrogen-bond acceptors (Lipinski definition) is 3. The minimum atomic E-state index is -3.59. The predicted molar refractivity (Wildman–Crippen MR) is 73.6 cm³/mol. The van der Waals surface area contributed by atoms with E-state index in [1.807, 2.05) is 0 Å². The van der Waals surface area contributed by atoms with E-state index in [1.165, 1.54) is 18.2 Å². The first-order chi connectivity index (χ1) is 8.90. The van der Waals surface area contributed by atoms with Gasteiger partial charge in [-0.05, 0) is 52.9 Å². The van der Waals surface area contributed by atoms with Crippen LogP contribution in [0.1, 0.15) is 29.6 Å². The molecule has 1 aromatic carbocycles. The third-order valence-electron chi connectivity index (χ3n) is 3.26. The maximum Gasteiger partial charge on any atom is 0.335 e. The number of rotatable bonds is 5. The van der Waals surface area contributed by atoms with Crippen molar-refractivity contribution in [3.05, 3.63) is 28.2 Å². The van der Waals surface area contributed by atoms with Crippen molar-refractivity contribution in [3.8, 4) is 0 Å². The van der Waals surface area contributed by atoms with E-state index in [4.69, 9.17) is 5.11 Å². The molecule has 1 aliphatic rings. The van der Waals surface area contributed by atoms with Gasteiger partial charge in [-0.25, -0.2) is 17.9 Å². The van der Waals surface area contributed by atoms with E-state index in [9.17, 15) is 13.2 Å². The fraction of sp³-hybridized carbons (Fsp3) is 0.417. The van der Waals surface area contributed by atoms with E-state index in [2.05, 4.69) is 20.7 Å². The van der Waals surface area contributed by atoms with Crippen molar-refractivity contribution in [2.24, 2.45) is 5.92 Å². The van der Waals surface area contributed by atoms with Gasteiger partial charge in [0.2, 0.25) is 10.0 Å². The summed E-state index contributed by atoms with van der Waals surface area (Å²) in [6.07, 6.45) is 3.27. The van der Waals surface area contributed by atoms with E-state index in [-0.39, 0.29) is 14.9 Å². The minimum absolute atomic E-state index is 0.0461. The summed E-state index contributed by atoms with van der Waals surface area (Å²) in [6, 6.07) is 3.88. The monoisotopic (exact) mass is 347 g/mol. The first-order valence-corrected chi connectivity index (χ1v) is 8.20. The Bertz CT molecular complexity index is 596. The van der Waals surface area contributed by atoms with Crippen LogP contribution >= 0.6 is 15.9 Å². The van der Waals surface area contributed by atoms with Crippen LogP contribution in [0.25, 0.3) is 0 Å². The van der Waals surface area contributed by atoms with E-state index in [0.29, 0.717) is 12.5 Å². The van der Waals surface area contributed by atoms with E-state index >= 15 is 0 Å². The van der Waals surface area contributed by atoms with Crippen LogP contribution in [0.5, 0.6) is 0 Å². The molecule has 0 bridgehead atoms. The number of benzene rings is 1. The molecule has 0 aromatic heterocycles. The average molecular weight is 348 g/mol. The SMILES string of the molecule is O=C(O)c1ccc(S(=O)(=O)NCC2CCC2)c(Br)c1. The molecule has 0 amide bonds. The standard InChI is InChI=1S/C12H14BrNO4S/c13-10-6-9(12(15)16)4-5-11(10)19(17,18)14-7-8-2-1-3-8/h4-6,8,14H,1-3,7H2,(H,15,16). The highest BCUT2D eigenvalue weighted by Gasteiger charge is 2.23. The number of hydrogen-bond donors (Lipinski definition) is 2. The van der Waals surface area contributed by atoms with Crippen molar-refractivity contribution in [2.45, 2.75) is 24.2 Å². The van der Waals surface area contributed by atoms with Gasteiger partial charge in [-0.15, -0.1) is 0 Å². The molecule has 7 heteroatoms. The number of sulfonamides is 1. The molecule has 0 radical (unpaired) electrons. The second-order valence-electron chi connectivity index (χ2n) is 4.60. The van der Waals surface area contributed by atoms with Gasteiger partial charge in [0.1, 0.15) is 0 Å². The summed E-state index contributed by atoms with van der Waals surface area (Å²) in [4.78, 5) is 10.9. The maximum absolute atomic E-state index is 12.1. The maximum atomic E-state index is 12.1. The Morgan fingerprint density at radius 1 is 1.42 bits per heavy atom. The molecular weight excluding hydrogens is 334 g/mol. The van der Waals surface area contributed by atoms with Gasteiger partial charge in [0, 0.05) is 11.0 Å². The fourth-order valence-electron chi connectivity index (χ4n) is 1.85. The normalized spacial score (nSPS) is 16.1. The summed E-state index contributed by atoms with van der Waals surface area (Å²) in [5, 5.41) is 8.83. The predicted octanol–water partition coefficient (Wildman–Crippen LogP) is 2.23. The highest BCUT2D eigenvalue weighted by atomic mass is 79.9. The van der Waals surface area contributed by atoms with Gasteiger partial charge in [-0.3, -0.25) is 0 Å².